The predicted molar refractivity (Wildman–Crippen MR) is 49.0 cm³/mol. The molecule has 0 N–H and O–H groups in total. The van der Waals surface area contributed by atoms with Crippen LogP contribution in [0.4, 0.5) is 0 Å². The molecule has 4 rings (SSSR count). The van der Waals surface area contributed by atoms with Crippen molar-refractivity contribution in [3.63, 3.8) is 0 Å². The van der Waals surface area contributed by atoms with Gasteiger partial charge in [0.05, 0.1) is 0 Å². The first-order valence-electron chi connectivity index (χ1n) is 5.52. The Hall–Kier alpha value is -0.0400. The zero-order valence-electron chi connectivity index (χ0n) is 7.76. The second kappa shape index (κ2) is 2.47. The third-order valence-electron chi connectivity index (χ3n) is 4.60. The summed E-state index contributed by atoms with van der Waals surface area (Å²) in [6.45, 7) is 2.39. The SMILES string of the molecule is C1CC2(C[N]1)CC1CCC2CC1. The smallest absolute Gasteiger partial charge is 0.0193 e. The molecule has 1 heterocycles. The summed E-state index contributed by atoms with van der Waals surface area (Å²) >= 11 is 0. The molecular formula is C11H18N. The van der Waals surface area contributed by atoms with Gasteiger partial charge < -0.3 is 0 Å². The Morgan fingerprint density at radius 3 is 2.42 bits per heavy atom. The second-order valence-electron chi connectivity index (χ2n) is 5.14. The maximum Gasteiger partial charge on any atom is 0.0193 e. The highest BCUT2D eigenvalue weighted by Crippen LogP contribution is 2.55. The summed E-state index contributed by atoms with van der Waals surface area (Å²) in [6.07, 6.45) is 9.08. The third-order valence-corrected chi connectivity index (χ3v) is 4.60. The van der Waals surface area contributed by atoms with Crippen molar-refractivity contribution < 1.29 is 0 Å². The van der Waals surface area contributed by atoms with Gasteiger partial charge in [-0.15, -0.1) is 0 Å². The topological polar surface area (TPSA) is 14.1 Å². The highest BCUT2D eigenvalue weighted by molar-refractivity contribution is 5.00. The number of fused-ring (bicyclic) bond motifs is 2. The van der Waals surface area contributed by atoms with Crippen molar-refractivity contribution in [3.05, 3.63) is 0 Å². The van der Waals surface area contributed by atoms with Gasteiger partial charge in [-0.2, -0.15) is 0 Å². The van der Waals surface area contributed by atoms with Crippen LogP contribution in [0.2, 0.25) is 0 Å². The Morgan fingerprint density at radius 1 is 1.08 bits per heavy atom. The standard InChI is InChI=1S/C11H18N/c1-3-10-4-2-9(1)7-11(10)5-6-12-8-11/h9-10H,1-8H2. The minimum absolute atomic E-state index is 0.723. The zero-order chi connectivity index (χ0) is 8.02. The lowest BCUT2D eigenvalue weighted by Crippen LogP contribution is -2.42. The molecule has 0 aromatic rings. The van der Waals surface area contributed by atoms with Gasteiger partial charge in [-0.3, -0.25) is 0 Å². The Balaban J connectivity index is 1.86. The third kappa shape index (κ3) is 0.891. The minimum Gasteiger partial charge on any atom is -0.241 e. The summed E-state index contributed by atoms with van der Waals surface area (Å²) in [5, 5.41) is 4.58. The highest BCUT2D eigenvalue weighted by atomic mass is 14.9. The zero-order valence-corrected chi connectivity index (χ0v) is 7.76. The molecule has 0 aromatic carbocycles. The molecular weight excluding hydrogens is 146 g/mol. The van der Waals surface area contributed by atoms with Gasteiger partial charge >= 0.3 is 0 Å². The van der Waals surface area contributed by atoms with Crippen molar-refractivity contribution in [1.29, 1.82) is 0 Å². The van der Waals surface area contributed by atoms with Crippen molar-refractivity contribution in [2.24, 2.45) is 17.3 Å². The van der Waals surface area contributed by atoms with Crippen LogP contribution in [0.15, 0.2) is 0 Å². The summed E-state index contributed by atoms with van der Waals surface area (Å²) in [5.41, 5.74) is 0.723. The van der Waals surface area contributed by atoms with E-state index in [-0.39, 0.29) is 0 Å². The van der Waals surface area contributed by atoms with Gasteiger partial charge in [-0.1, -0.05) is 12.8 Å². The van der Waals surface area contributed by atoms with E-state index in [1.165, 1.54) is 51.6 Å². The van der Waals surface area contributed by atoms with Gasteiger partial charge in [-0.05, 0) is 42.9 Å². The molecule has 1 nitrogen and oxygen atoms in total. The number of rotatable bonds is 0. The van der Waals surface area contributed by atoms with Gasteiger partial charge in [0, 0.05) is 13.1 Å². The molecule has 12 heavy (non-hydrogen) atoms. The number of hydrogen-bond donors (Lipinski definition) is 0. The Kier molecular flexibility index (Phi) is 1.52. The van der Waals surface area contributed by atoms with Crippen LogP contribution in [0.25, 0.3) is 0 Å². The molecule has 0 amide bonds. The van der Waals surface area contributed by atoms with E-state index in [9.17, 15) is 0 Å². The highest BCUT2D eigenvalue weighted by Gasteiger charge is 2.48. The van der Waals surface area contributed by atoms with Crippen LogP contribution in [0.5, 0.6) is 0 Å². The van der Waals surface area contributed by atoms with E-state index in [0.717, 1.165) is 17.3 Å². The Morgan fingerprint density at radius 2 is 1.92 bits per heavy atom. The maximum absolute atomic E-state index is 4.58. The van der Waals surface area contributed by atoms with E-state index < -0.39 is 0 Å². The second-order valence-corrected chi connectivity index (χ2v) is 5.14. The number of hydrogen-bond acceptors (Lipinski definition) is 0. The van der Waals surface area contributed by atoms with Gasteiger partial charge in [0.15, 0.2) is 0 Å². The average Bonchev–Trinajstić information content (AvgIpc) is 2.55. The number of nitrogens with zero attached hydrogens (tertiary/aromatic N) is 1. The quantitative estimate of drug-likeness (QED) is 0.521. The molecule has 3 aliphatic carbocycles. The first kappa shape index (κ1) is 7.37. The predicted octanol–water partition coefficient (Wildman–Crippen LogP) is 2.19. The Bertz CT molecular complexity index is 173. The minimum atomic E-state index is 0.723. The molecule has 1 spiro atoms. The van der Waals surface area contributed by atoms with E-state index >= 15 is 0 Å². The summed E-state index contributed by atoms with van der Waals surface area (Å²) in [5.74, 6) is 2.15. The average molecular weight is 164 g/mol. The van der Waals surface area contributed by atoms with Crippen molar-refractivity contribution >= 4 is 0 Å². The molecule has 1 radical (unpaired) electrons. The van der Waals surface area contributed by atoms with Gasteiger partial charge in [-0.25, -0.2) is 5.32 Å². The molecule has 3 saturated carbocycles. The molecule has 1 aliphatic heterocycles. The largest absolute Gasteiger partial charge is 0.241 e. The van der Waals surface area contributed by atoms with Crippen LogP contribution in [0, 0.1) is 17.3 Å². The molecule has 1 unspecified atom stereocenters. The first-order valence-corrected chi connectivity index (χ1v) is 5.52. The van der Waals surface area contributed by atoms with Crippen molar-refractivity contribution in [1.82, 2.24) is 5.32 Å². The van der Waals surface area contributed by atoms with E-state index in [0.29, 0.717) is 0 Å². The molecule has 1 saturated heterocycles. The fourth-order valence-electron chi connectivity index (χ4n) is 3.90. The van der Waals surface area contributed by atoms with E-state index in [2.05, 4.69) is 5.32 Å². The fourth-order valence-corrected chi connectivity index (χ4v) is 3.90. The molecule has 67 valence electrons. The van der Waals surface area contributed by atoms with Crippen LogP contribution in [-0.2, 0) is 0 Å². The maximum atomic E-state index is 4.58. The molecule has 0 aromatic heterocycles. The molecule has 1 heteroatoms. The van der Waals surface area contributed by atoms with Gasteiger partial charge in [0.25, 0.3) is 0 Å². The lowest BCUT2D eigenvalue weighted by Gasteiger charge is -2.49. The summed E-state index contributed by atoms with van der Waals surface area (Å²) in [6, 6.07) is 0. The summed E-state index contributed by atoms with van der Waals surface area (Å²) in [7, 11) is 0. The Labute approximate surface area is 74.9 Å². The molecule has 2 bridgehead atoms. The van der Waals surface area contributed by atoms with Crippen LogP contribution in [0.3, 0.4) is 0 Å². The van der Waals surface area contributed by atoms with Gasteiger partial charge in [0.1, 0.15) is 0 Å². The molecule has 4 fully saturated rings. The monoisotopic (exact) mass is 164 g/mol. The van der Waals surface area contributed by atoms with Crippen LogP contribution >= 0.6 is 0 Å². The summed E-state index contributed by atoms with van der Waals surface area (Å²) < 4.78 is 0. The lowest BCUT2D eigenvalue weighted by molar-refractivity contribution is 0.0170. The van der Waals surface area contributed by atoms with Crippen LogP contribution in [-0.4, -0.2) is 13.1 Å². The van der Waals surface area contributed by atoms with Crippen molar-refractivity contribution in [2.45, 2.75) is 38.5 Å². The van der Waals surface area contributed by atoms with Gasteiger partial charge in [0.2, 0.25) is 0 Å². The first-order chi connectivity index (χ1) is 5.89. The fraction of sp³-hybridized carbons (Fsp3) is 1.00. The molecule has 1 atom stereocenters. The van der Waals surface area contributed by atoms with E-state index in [1.807, 2.05) is 0 Å². The molecule has 4 aliphatic rings. The van der Waals surface area contributed by atoms with E-state index in [1.54, 1.807) is 0 Å². The van der Waals surface area contributed by atoms with Crippen molar-refractivity contribution in [2.75, 3.05) is 13.1 Å². The normalized spacial score (nSPS) is 52.0. The lowest BCUT2D eigenvalue weighted by atomic mass is 9.55. The van der Waals surface area contributed by atoms with Crippen LogP contribution in [0.1, 0.15) is 38.5 Å². The van der Waals surface area contributed by atoms with Crippen molar-refractivity contribution in [3.8, 4) is 0 Å². The van der Waals surface area contributed by atoms with E-state index in [4.69, 9.17) is 0 Å². The van der Waals surface area contributed by atoms with Crippen LogP contribution < -0.4 is 5.32 Å². The summed E-state index contributed by atoms with van der Waals surface area (Å²) in [4.78, 5) is 0.